The first kappa shape index (κ1) is 13.6. The molecule has 0 saturated carbocycles. The molecular formula is C15H18FNO2. The predicted molar refractivity (Wildman–Crippen MR) is 71.9 cm³/mol. The van der Waals surface area contributed by atoms with Crippen molar-refractivity contribution in [2.45, 2.75) is 19.9 Å². The molecule has 1 atom stereocenters. The quantitative estimate of drug-likeness (QED) is 0.897. The molecule has 0 aliphatic rings. The smallest absolute Gasteiger partial charge is 0.128 e. The van der Waals surface area contributed by atoms with Crippen LogP contribution in [0.3, 0.4) is 0 Å². The molecule has 0 aliphatic carbocycles. The summed E-state index contributed by atoms with van der Waals surface area (Å²) >= 11 is 0. The van der Waals surface area contributed by atoms with Gasteiger partial charge in [0.15, 0.2) is 0 Å². The van der Waals surface area contributed by atoms with Crippen molar-refractivity contribution >= 4 is 0 Å². The molecule has 1 aromatic heterocycles. The lowest BCUT2D eigenvalue weighted by Gasteiger charge is -2.19. The molecule has 2 rings (SSSR count). The Labute approximate surface area is 112 Å². The summed E-state index contributed by atoms with van der Waals surface area (Å²) < 4.78 is 24.4. The summed E-state index contributed by atoms with van der Waals surface area (Å²) in [6, 6.07) is 6.18. The van der Waals surface area contributed by atoms with Crippen LogP contribution in [-0.4, -0.2) is 13.7 Å². The van der Waals surface area contributed by atoms with Gasteiger partial charge in [-0.3, -0.25) is 0 Å². The van der Waals surface area contributed by atoms with Gasteiger partial charge in [0.1, 0.15) is 17.3 Å². The fourth-order valence-corrected chi connectivity index (χ4v) is 2.16. The normalized spacial score (nSPS) is 12.4. The van der Waals surface area contributed by atoms with Crippen molar-refractivity contribution in [3.8, 4) is 5.75 Å². The number of ether oxygens (including phenoxy) is 1. The highest BCUT2D eigenvalue weighted by Gasteiger charge is 2.22. The van der Waals surface area contributed by atoms with E-state index >= 15 is 0 Å². The highest BCUT2D eigenvalue weighted by Crippen LogP contribution is 2.32. The lowest BCUT2D eigenvalue weighted by atomic mass is 10.0. The summed E-state index contributed by atoms with van der Waals surface area (Å²) in [5.41, 5.74) is 1.76. The number of hydrogen-bond donors (Lipinski definition) is 1. The molecule has 102 valence electrons. The number of aryl methyl sites for hydroxylation is 1. The first-order valence-corrected chi connectivity index (χ1v) is 6.28. The summed E-state index contributed by atoms with van der Waals surface area (Å²) in [6.45, 7) is 4.70. The van der Waals surface area contributed by atoms with Crippen molar-refractivity contribution in [2.75, 3.05) is 13.7 Å². The van der Waals surface area contributed by atoms with E-state index in [1.165, 1.54) is 12.1 Å². The minimum absolute atomic E-state index is 0.217. The van der Waals surface area contributed by atoms with E-state index in [9.17, 15) is 4.39 Å². The van der Waals surface area contributed by atoms with Gasteiger partial charge in [0.05, 0.1) is 19.4 Å². The highest BCUT2D eigenvalue weighted by atomic mass is 19.1. The van der Waals surface area contributed by atoms with Crippen LogP contribution < -0.4 is 10.1 Å². The largest absolute Gasteiger partial charge is 0.496 e. The summed E-state index contributed by atoms with van der Waals surface area (Å²) in [5, 5.41) is 3.30. The first-order chi connectivity index (χ1) is 9.17. The number of methoxy groups -OCH3 is 1. The molecule has 0 bridgehead atoms. The van der Waals surface area contributed by atoms with Gasteiger partial charge < -0.3 is 14.5 Å². The number of rotatable bonds is 5. The van der Waals surface area contributed by atoms with Gasteiger partial charge in [-0.25, -0.2) is 4.39 Å². The van der Waals surface area contributed by atoms with Gasteiger partial charge in [-0.2, -0.15) is 0 Å². The topological polar surface area (TPSA) is 34.4 Å². The Balaban J connectivity index is 2.50. The van der Waals surface area contributed by atoms with E-state index in [0.717, 1.165) is 23.4 Å². The fourth-order valence-electron chi connectivity index (χ4n) is 2.16. The standard InChI is InChI=1S/C15H18FNO2/c1-4-17-14(15-10(2)7-8-19-15)12-9-11(16)5-6-13(12)18-3/h5-9,14,17H,4H2,1-3H3. The van der Waals surface area contributed by atoms with Crippen molar-refractivity contribution in [2.24, 2.45) is 0 Å². The van der Waals surface area contributed by atoms with Gasteiger partial charge in [0.2, 0.25) is 0 Å². The molecule has 4 heteroatoms. The molecule has 3 nitrogen and oxygen atoms in total. The van der Waals surface area contributed by atoms with Gasteiger partial charge in [-0.1, -0.05) is 6.92 Å². The second-order valence-corrected chi connectivity index (χ2v) is 4.34. The Hall–Kier alpha value is -1.81. The number of furan rings is 1. The molecule has 1 N–H and O–H groups in total. The Morgan fingerprint density at radius 3 is 2.74 bits per heavy atom. The van der Waals surface area contributed by atoms with Crippen LogP contribution in [0, 0.1) is 12.7 Å². The highest BCUT2D eigenvalue weighted by molar-refractivity contribution is 5.41. The maximum absolute atomic E-state index is 13.5. The molecule has 1 heterocycles. The summed E-state index contributed by atoms with van der Waals surface area (Å²) in [5.74, 6) is 1.14. The maximum atomic E-state index is 13.5. The van der Waals surface area contributed by atoms with Crippen LogP contribution >= 0.6 is 0 Å². The fraction of sp³-hybridized carbons (Fsp3) is 0.333. The van der Waals surface area contributed by atoms with Crippen LogP contribution in [0.1, 0.15) is 29.9 Å². The van der Waals surface area contributed by atoms with Crippen LogP contribution in [0.15, 0.2) is 34.9 Å². The van der Waals surface area contributed by atoms with E-state index in [0.29, 0.717) is 5.75 Å². The summed E-state index contributed by atoms with van der Waals surface area (Å²) in [6.07, 6.45) is 1.64. The minimum Gasteiger partial charge on any atom is -0.496 e. The Morgan fingerprint density at radius 2 is 2.16 bits per heavy atom. The van der Waals surface area contributed by atoms with Crippen molar-refractivity contribution in [1.82, 2.24) is 5.32 Å². The zero-order valence-electron chi connectivity index (χ0n) is 11.4. The molecule has 0 aliphatic heterocycles. The number of halogens is 1. The SMILES string of the molecule is CCNC(c1cc(F)ccc1OC)c1occc1C. The zero-order valence-corrected chi connectivity index (χ0v) is 11.4. The van der Waals surface area contributed by atoms with E-state index in [1.807, 2.05) is 19.9 Å². The number of hydrogen-bond acceptors (Lipinski definition) is 3. The summed E-state index contributed by atoms with van der Waals surface area (Å²) in [4.78, 5) is 0. The molecule has 1 unspecified atom stereocenters. The maximum Gasteiger partial charge on any atom is 0.128 e. The molecule has 19 heavy (non-hydrogen) atoms. The molecule has 0 amide bonds. The minimum atomic E-state index is -0.289. The third kappa shape index (κ3) is 2.79. The third-order valence-electron chi connectivity index (χ3n) is 3.07. The van der Waals surface area contributed by atoms with Gasteiger partial charge in [0.25, 0.3) is 0 Å². The van der Waals surface area contributed by atoms with Crippen LogP contribution in [0.25, 0.3) is 0 Å². The molecule has 0 fully saturated rings. The lowest BCUT2D eigenvalue weighted by molar-refractivity contribution is 0.391. The molecule has 0 radical (unpaired) electrons. The first-order valence-electron chi connectivity index (χ1n) is 6.28. The van der Waals surface area contributed by atoms with Crippen LogP contribution in [-0.2, 0) is 0 Å². The van der Waals surface area contributed by atoms with Crippen molar-refractivity contribution in [1.29, 1.82) is 0 Å². The van der Waals surface area contributed by atoms with Crippen LogP contribution in [0.5, 0.6) is 5.75 Å². The molecule has 0 spiro atoms. The molecule has 0 saturated heterocycles. The third-order valence-corrected chi connectivity index (χ3v) is 3.07. The van der Waals surface area contributed by atoms with E-state index in [4.69, 9.17) is 9.15 Å². The summed E-state index contributed by atoms with van der Waals surface area (Å²) in [7, 11) is 1.58. The van der Waals surface area contributed by atoms with Gasteiger partial charge in [-0.15, -0.1) is 0 Å². The lowest BCUT2D eigenvalue weighted by Crippen LogP contribution is -2.23. The average Bonchev–Trinajstić information content (AvgIpc) is 2.82. The zero-order chi connectivity index (χ0) is 13.8. The average molecular weight is 263 g/mol. The molecule has 2 aromatic rings. The van der Waals surface area contributed by atoms with E-state index in [1.54, 1.807) is 19.4 Å². The van der Waals surface area contributed by atoms with Crippen LogP contribution in [0.2, 0.25) is 0 Å². The van der Waals surface area contributed by atoms with Crippen molar-refractivity contribution < 1.29 is 13.5 Å². The van der Waals surface area contributed by atoms with Gasteiger partial charge in [-0.05, 0) is 43.3 Å². The van der Waals surface area contributed by atoms with E-state index < -0.39 is 0 Å². The van der Waals surface area contributed by atoms with Gasteiger partial charge in [0, 0.05) is 5.56 Å². The second-order valence-electron chi connectivity index (χ2n) is 4.34. The second kappa shape index (κ2) is 5.89. The van der Waals surface area contributed by atoms with Gasteiger partial charge >= 0.3 is 0 Å². The Morgan fingerprint density at radius 1 is 1.37 bits per heavy atom. The molecule has 1 aromatic carbocycles. The number of benzene rings is 1. The van der Waals surface area contributed by atoms with Crippen LogP contribution in [0.4, 0.5) is 4.39 Å². The number of nitrogens with one attached hydrogen (secondary N) is 1. The van der Waals surface area contributed by atoms with Crippen molar-refractivity contribution in [3.63, 3.8) is 0 Å². The van der Waals surface area contributed by atoms with Crippen molar-refractivity contribution in [3.05, 3.63) is 53.2 Å². The molecular weight excluding hydrogens is 245 g/mol. The Kier molecular flexibility index (Phi) is 4.22. The van der Waals surface area contributed by atoms with E-state index in [-0.39, 0.29) is 11.9 Å². The predicted octanol–water partition coefficient (Wildman–Crippen LogP) is 3.43. The Bertz CT molecular complexity index is 551. The van der Waals surface area contributed by atoms with E-state index in [2.05, 4.69) is 5.32 Å². The monoisotopic (exact) mass is 263 g/mol.